The number of hydrogen-bond acceptors (Lipinski definition) is 3. The van der Waals surface area contributed by atoms with Crippen LogP contribution in [-0.4, -0.2) is 24.9 Å². The molecule has 1 fully saturated rings. The molecule has 82 valence electrons. The Labute approximate surface area is 97.4 Å². The van der Waals surface area contributed by atoms with Crippen molar-refractivity contribution in [3.8, 4) is 0 Å². The van der Waals surface area contributed by atoms with Gasteiger partial charge in [0.2, 0.25) is 0 Å². The van der Waals surface area contributed by atoms with Gasteiger partial charge in [-0.1, -0.05) is 28.1 Å². The number of hydrogen-bond donors (Lipinski definition) is 2. The molecule has 1 aromatic rings. The predicted octanol–water partition coefficient (Wildman–Crippen LogP) is 1.46. The quantitative estimate of drug-likeness (QED) is 0.875. The van der Waals surface area contributed by atoms with Crippen molar-refractivity contribution in [2.45, 2.75) is 6.04 Å². The van der Waals surface area contributed by atoms with E-state index in [0.717, 1.165) is 10.0 Å². The summed E-state index contributed by atoms with van der Waals surface area (Å²) in [6.45, 7) is 1.15. The molecule has 0 spiro atoms. The summed E-state index contributed by atoms with van der Waals surface area (Å²) in [5.41, 5.74) is 6.89. The molecule has 1 aliphatic heterocycles. The summed E-state index contributed by atoms with van der Waals surface area (Å²) in [6, 6.07) is 7.70. The highest BCUT2D eigenvalue weighted by Gasteiger charge is 2.44. The summed E-state index contributed by atoms with van der Waals surface area (Å²) in [7, 11) is 0. The molecular weight excluding hydrogens is 258 g/mol. The third-order valence-corrected chi connectivity index (χ3v) is 3.45. The fraction of sp³-hybridized carbons (Fsp3) is 0.455. The number of aliphatic hydroxyl groups is 1. The van der Waals surface area contributed by atoms with Crippen LogP contribution in [0, 0.1) is 5.41 Å². The van der Waals surface area contributed by atoms with Gasteiger partial charge in [0.25, 0.3) is 0 Å². The minimum atomic E-state index is -0.291. The second-order valence-corrected chi connectivity index (χ2v) is 4.96. The molecule has 0 saturated carbocycles. The molecule has 1 saturated heterocycles. The van der Waals surface area contributed by atoms with Crippen LogP contribution in [0.25, 0.3) is 0 Å². The summed E-state index contributed by atoms with van der Waals surface area (Å²) >= 11 is 3.41. The Kier molecular flexibility index (Phi) is 3.11. The average molecular weight is 272 g/mol. The molecule has 1 aromatic carbocycles. The maximum atomic E-state index is 9.37. The van der Waals surface area contributed by atoms with Crippen molar-refractivity contribution >= 4 is 15.9 Å². The van der Waals surface area contributed by atoms with Crippen molar-refractivity contribution in [3.05, 3.63) is 34.3 Å². The van der Waals surface area contributed by atoms with Gasteiger partial charge in [-0.05, 0) is 17.7 Å². The van der Waals surface area contributed by atoms with E-state index in [-0.39, 0.29) is 18.1 Å². The minimum Gasteiger partial charge on any atom is -0.396 e. The first-order valence-electron chi connectivity index (χ1n) is 4.88. The first kappa shape index (κ1) is 11.1. The highest BCUT2D eigenvalue weighted by Crippen LogP contribution is 2.38. The number of benzene rings is 1. The van der Waals surface area contributed by atoms with Gasteiger partial charge in [-0.25, -0.2) is 0 Å². The van der Waals surface area contributed by atoms with E-state index < -0.39 is 0 Å². The summed E-state index contributed by atoms with van der Waals surface area (Å²) in [5, 5.41) is 9.37. The van der Waals surface area contributed by atoms with Gasteiger partial charge in [-0.2, -0.15) is 0 Å². The maximum Gasteiger partial charge on any atom is 0.0594 e. The Morgan fingerprint density at radius 1 is 1.53 bits per heavy atom. The van der Waals surface area contributed by atoms with E-state index >= 15 is 0 Å². The van der Waals surface area contributed by atoms with E-state index in [1.54, 1.807) is 0 Å². The highest BCUT2D eigenvalue weighted by molar-refractivity contribution is 9.10. The zero-order valence-electron chi connectivity index (χ0n) is 8.32. The van der Waals surface area contributed by atoms with E-state index in [2.05, 4.69) is 15.9 Å². The second-order valence-electron chi connectivity index (χ2n) is 4.05. The van der Waals surface area contributed by atoms with E-state index in [1.807, 2.05) is 24.3 Å². The molecular formula is C11H14BrNO2. The molecule has 0 bridgehead atoms. The second kappa shape index (κ2) is 4.22. The maximum absolute atomic E-state index is 9.37. The Morgan fingerprint density at radius 3 is 2.73 bits per heavy atom. The summed E-state index contributed by atoms with van der Waals surface area (Å²) in [4.78, 5) is 0. The van der Waals surface area contributed by atoms with Crippen LogP contribution in [0.1, 0.15) is 11.6 Å². The number of ether oxygens (including phenoxy) is 1. The number of nitrogens with two attached hydrogens (primary N) is 1. The van der Waals surface area contributed by atoms with Gasteiger partial charge < -0.3 is 15.6 Å². The highest BCUT2D eigenvalue weighted by atomic mass is 79.9. The first-order valence-corrected chi connectivity index (χ1v) is 5.67. The van der Waals surface area contributed by atoms with E-state index in [4.69, 9.17) is 10.5 Å². The molecule has 1 heterocycles. The Morgan fingerprint density at radius 2 is 2.27 bits per heavy atom. The van der Waals surface area contributed by atoms with Crippen molar-refractivity contribution in [3.63, 3.8) is 0 Å². The molecule has 1 unspecified atom stereocenters. The fourth-order valence-corrected chi connectivity index (χ4v) is 2.20. The normalized spacial score (nSPS) is 20.7. The minimum absolute atomic E-state index is 0.0701. The Bertz CT molecular complexity index is 347. The summed E-state index contributed by atoms with van der Waals surface area (Å²) in [5.74, 6) is 0. The van der Waals surface area contributed by atoms with E-state index in [9.17, 15) is 5.11 Å². The van der Waals surface area contributed by atoms with Crippen LogP contribution in [0.3, 0.4) is 0 Å². The predicted molar refractivity (Wildman–Crippen MR) is 61.4 cm³/mol. The Hall–Kier alpha value is -0.420. The molecule has 4 heteroatoms. The lowest BCUT2D eigenvalue weighted by atomic mass is 9.76. The van der Waals surface area contributed by atoms with Crippen molar-refractivity contribution in [1.82, 2.24) is 0 Å². The number of halogens is 1. The lowest BCUT2D eigenvalue weighted by molar-refractivity contribution is -0.150. The van der Waals surface area contributed by atoms with Crippen molar-refractivity contribution in [2.24, 2.45) is 11.1 Å². The smallest absolute Gasteiger partial charge is 0.0594 e. The van der Waals surface area contributed by atoms with Crippen molar-refractivity contribution < 1.29 is 9.84 Å². The Balaban J connectivity index is 2.23. The van der Waals surface area contributed by atoms with Gasteiger partial charge in [-0.3, -0.25) is 0 Å². The van der Waals surface area contributed by atoms with Gasteiger partial charge in [0.1, 0.15) is 0 Å². The largest absolute Gasteiger partial charge is 0.396 e. The van der Waals surface area contributed by atoms with Crippen LogP contribution >= 0.6 is 15.9 Å². The van der Waals surface area contributed by atoms with E-state index in [0.29, 0.717) is 13.2 Å². The topological polar surface area (TPSA) is 55.5 Å². The molecule has 1 atom stereocenters. The molecule has 2 rings (SSSR count). The third-order valence-electron chi connectivity index (χ3n) is 2.96. The number of aliphatic hydroxyl groups excluding tert-OH is 1. The standard InChI is InChI=1S/C11H14BrNO2/c12-9-3-1-2-8(4-9)10(13)11(5-14)6-15-7-11/h1-4,10,14H,5-7,13H2. The lowest BCUT2D eigenvalue weighted by Gasteiger charge is -2.44. The zero-order chi connectivity index (χ0) is 10.9. The van der Waals surface area contributed by atoms with Crippen molar-refractivity contribution in [2.75, 3.05) is 19.8 Å². The van der Waals surface area contributed by atoms with Crippen molar-refractivity contribution in [1.29, 1.82) is 0 Å². The van der Waals surface area contributed by atoms with Gasteiger partial charge in [-0.15, -0.1) is 0 Å². The molecule has 0 radical (unpaired) electrons. The molecule has 3 nitrogen and oxygen atoms in total. The zero-order valence-corrected chi connectivity index (χ0v) is 9.90. The van der Waals surface area contributed by atoms with Crippen LogP contribution in [0.4, 0.5) is 0 Å². The van der Waals surface area contributed by atoms with Gasteiger partial charge in [0, 0.05) is 10.5 Å². The summed E-state index contributed by atoms with van der Waals surface area (Å²) in [6.07, 6.45) is 0. The van der Waals surface area contributed by atoms with Crippen LogP contribution in [0.15, 0.2) is 28.7 Å². The van der Waals surface area contributed by atoms with Crippen LogP contribution in [0.2, 0.25) is 0 Å². The molecule has 15 heavy (non-hydrogen) atoms. The van der Waals surface area contributed by atoms with Crippen LogP contribution in [-0.2, 0) is 4.74 Å². The summed E-state index contributed by atoms with van der Waals surface area (Å²) < 4.78 is 6.15. The van der Waals surface area contributed by atoms with E-state index in [1.165, 1.54) is 0 Å². The lowest BCUT2D eigenvalue weighted by Crippen LogP contribution is -2.52. The first-order chi connectivity index (χ1) is 7.18. The molecule has 0 aliphatic carbocycles. The van der Waals surface area contributed by atoms with Gasteiger partial charge in [0.05, 0.1) is 25.2 Å². The van der Waals surface area contributed by atoms with Crippen LogP contribution in [0.5, 0.6) is 0 Å². The number of rotatable bonds is 3. The van der Waals surface area contributed by atoms with Gasteiger partial charge >= 0.3 is 0 Å². The molecule has 1 aliphatic rings. The fourth-order valence-electron chi connectivity index (χ4n) is 1.79. The van der Waals surface area contributed by atoms with Gasteiger partial charge in [0.15, 0.2) is 0 Å². The van der Waals surface area contributed by atoms with Crippen LogP contribution < -0.4 is 5.73 Å². The molecule has 0 aromatic heterocycles. The monoisotopic (exact) mass is 271 g/mol. The molecule has 3 N–H and O–H groups in total. The average Bonchev–Trinajstić information content (AvgIpc) is 2.17. The SMILES string of the molecule is NC(c1cccc(Br)c1)C1(CO)COC1. The molecule has 0 amide bonds. The third kappa shape index (κ3) is 1.95.